The molecule has 0 atom stereocenters. The minimum absolute atomic E-state index is 0.106. The fourth-order valence-electron chi connectivity index (χ4n) is 2.87. The van der Waals surface area contributed by atoms with Crippen LogP contribution in [0.2, 0.25) is 0 Å². The van der Waals surface area contributed by atoms with Crippen LogP contribution >= 0.6 is 0 Å². The van der Waals surface area contributed by atoms with E-state index in [-0.39, 0.29) is 17.1 Å². The highest BCUT2D eigenvalue weighted by Gasteiger charge is 2.32. The Kier molecular flexibility index (Phi) is 5.42. The van der Waals surface area contributed by atoms with E-state index in [0.29, 0.717) is 44.0 Å². The van der Waals surface area contributed by atoms with Gasteiger partial charge in [-0.1, -0.05) is 0 Å². The van der Waals surface area contributed by atoms with Gasteiger partial charge in [0.15, 0.2) is 10.8 Å². The molecule has 1 aliphatic heterocycles. The molecule has 0 aliphatic carbocycles. The van der Waals surface area contributed by atoms with Crippen molar-refractivity contribution in [1.82, 2.24) is 23.8 Å². The van der Waals surface area contributed by atoms with Crippen molar-refractivity contribution in [3.63, 3.8) is 0 Å². The number of aryl methyl sites for hydroxylation is 2. The molecule has 26 heavy (non-hydrogen) atoms. The molecule has 142 valence electrons. The number of hydrogen-bond acceptors (Lipinski definition) is 7. The average Bonchev–Trinajstić information content (AvgIpc) is 3.04. The van der Waals surface area contributed by atoms with Gasteiger partial charge in [0.05, 0.1) is 19.5 Å². The largest absolute Gasteiger partial charge is 0.494 e. The van der Waals surface area contributed by atoms with Gasteiger partial charge in [0, 0.05) is 25.8 Å². The highest BCUT2D eigenvalue weighted by Crippen LogP contribution is 2.22. The van der Waals surface area contributed by atoms with Crippen LogP contribution in [0.1, 0.15) is 25.6 Å². The Labute approximate surface area is 153 Å². The van der Waals surface area contributed by atoms with Crippen molar-refractivity contribution in [1.29, 1.82) is 0 Å². The molecule has 0 spiro atoms. The lowest BCUT2D eigenvalue weighted by Gasteiger charge is -2.30. The molecule has 3 heterocycles. The summed E-state index contributed by atoms with van der Waals surface area (Å²) in [5.74, 6) is 1.25. The van der Waals surface area contributed by atoms with E-state index in [2.05, 4.69) is 15.0 Å². The Balaban J connectivity index is 1.61. The van der Waals surface area contributed by atoms with Crippen LogP contribution in [0.15, 0.2) is 23.6 Å². The SMILES string of the molecule is CCn1cc(S(=O)(=O)N2CCC(Oc3ncc(OC)cn3)CC2)nc1C. The number of methoxy groups -OCH3 is 1. The second-order valence-corrected chi connectivity index (χ2v) is 7.92. The van der Waals surface area contributed by atoms with Crippen LogP contribution in [0.4, 0.5) is 0 Å². The van der Waals surface area contributed by atoms with E-state index < -0.39 is 10.0 Å². The first-order valence-electron chi connectivity index (χ1n) is 8.50. The van der Waals surface area contributed by atoms with Gasteiger partial charge in [0.2, 0.25) is 0 Å². The summed E-state index contributed by atoms with van der Waals surface area (Å²) < 4.78 is 39.6. The van der Waals surface area contributed by atoms with E-state index in [9.17, 15) is 8.42 Å². The summed E-state index contributed by atoms with van der Waals surface area (Å²) in [5, 5.41) is 0.106. The summed E-state index contributed by atoms with van der Waals surface area (Å²) in [4.78, 5) is 12.4. The highest BCUT2D eigenvalue weighted by atomic mass is 32.2. The molecule has 0 aromatic carbocycles. The predicted octanol–water partition coefficient (Wildman–Crippen LogP) is 1.24. The van der Waals surface area contributed by atoms with Crippen molar-refractivity contribution in [2.24, 2.45) is 0 Å². The van der Waals surface area contributed by atoms with Gasteiger partial charge in [-0.2, -0.15) is 14.3 Å². The number of rotatable bonds is 6. The van der Waals surface area contributed by atoms with Gasteiger partial charge in [0.1, 0.15) is 11.9 Å². The molecule has 2 aromatic rings. The van der Waals surface area contributed by atoms with Crippen LogP contribution in [0.25, 0.3) is 0 Å². The first-order chi connectivity index (χ1) is 12.4. The molecular formula is C16H23N5O4S. The molecule has 1 saturated heterocycles. The Morgan fingerprint density at radius 1 is 1.23 bits per heavy atom. The van der Waals surface area contributed by atoms with Gasteiger partial charge in [0.25, 0.3) is 10.0 Å². The second kappa shape index (κ2) is 7.58. The van der Waals surface area contributed by atoms with Gasteiger partial charge in [-0.05, 0) is 26.7 Å². The van der Waals surface area contributed by atoms with Crippen molar-refractivity contribution in [3.05, 3.63) is 24.4 Å². The van der Waals surface area contributed by atoms with E-state index in [1.807, 2.05) is 11.5 Å². The van der Waals surface area contributed by atoms with Crippen molar-refractivity contribution < 1.29 is 17.9 Å². The molecule has 10 heteroatoms. The number of piperidine rings is 1. The van der Waals surface area contributed by atoms with E-state index in [1.165, 1.54) is 16.7 Å². The van der Waals surface area contributed by atoms with Gasteiger partial charge < -0.3 is 14.0 Å². The fourth-order valence-corrected chi connectivity index (χ4v) is 4.33. The highest BCUT2D eigenvalue weighted by molar-refractivity contribution is 7.89. The van der Waals surface area contributed by atoms with Crippen LogP contribution in [0.3, 0.4) is 0 Å². The average molecular weight is 381 g/mol. The molecule has 0 saturated carbocycles. The maximum Gasteiger partial charge on any atom is 0.316 e. The van der Waals surface area contributed by atoms with E-state index in [1.54, 1.807) is 20.2 Å². The first-order valence-corrected chi connectivity index (χ1v) is 9.94. The summed E-state index contributed by atoms with van der Waals surface area (Å²) in [7, 11) is -2.04. The number of ether oxygens (including phenoxy) is 2. The molecule has 1 fully saturated rings. The third kappa shape index (κ3) is 3.80. The van der Waals surface area contributed by atoms with Gasteiger partial charge in [-0.3, -0.25) is 0 Å². The van der Waals surface area contributed by atoms with Crippen molar-refractivity contribution in [2.75, 3.05) is 20.2 Å². The van der Waals surface area contributed by atoms with Gasteiger partial charge in [-0.25, -0.2) is 13.4 Å². The molecule has 0 unspecified atom stereocenters. The number of hydrogen-bond donors (Lipinski definition) is 0. The van der Waals surface area contributed by atoms with Crippen molar-refractivity contribution in [3.8, 4) is 11.8 Å². The third-order valence-electron chi connectivity index (χ3n) is 4.41. The molecule has 3 rings (SSSR count). The number of sulfonamides is 1. The first kappa shape index (κ1) is 18.6. The molecule has 0 amide bonds. The standard InChI is InChI=1S/C16H23N5O4S/c1-4-20-11-15(19-12(20)2)26(22,23)21-7-5-13(6-8-21)25-16-17-9-14(24-3)10-18-16/h9-11,13H,4-8H2,1-3H3. The monoisotopic (exact) mass is 381 g/mol. The molecular weight excluding hydrogens is 358 g/mol. The molecule has 1 aliphatic rings. The third-order valence-corrected chi connectivity index (χ3v) is 6.18. The molecule has 2 aromatic heterocycles. The topological polar surface area (TPSA) is 99.4 Å². The quantitative estimate of drug-likeness (QED) is 0.742. The number of aromatic nitrogens is 4. The Morgan fingerprint density at radius 3 is 2.42 bits per heavy atom. The maximum absolute atomic E-state index is 12.8. The lowest BCUT2D eigenvalue weighted by atomic mass is 10.1. The summed E-state index contributed by atoms with van der Waals surface area (Å²) in [6.45, 7) is 5.20. The molecule has 0 N–H and O–H groups in total. The van der Waals surface area contributed by atoms with E-state index >= 15 is 0 Å². The van der Waals surface area contributed by atoms with Crippen LogP contribution in [0, 0.1) is 6.92 Å². The Morgan fingerprint density at radius 2 is 1.88 bits per heavy atom. The van der Waals surface area contributed by atoms with Crippen LogP contribution in [-0.2, 0) is 16.6 Å². The maximum atomic E-state index is 12.8. The Bertz CT molecular complexity index is 842. The molecule has 0 radical (unpaired) electrons. The minimum atomic E-state index is -3.58. The van der Waals surface area contributed by atoms with Crippen LogP contribution in [0.5, 0.6) is 11.8 Å². The summed E-state index contributed by atoms with van der Waals surface area (Å²) in [6, 6.07) is 0.268. The second-order valence-electron chi connectivity index (χ2n) is 6.04. The predicted molar refractivity (Wildman–Crippen MR) is 93.6 cm³/mol. The van der Waals surface area contributed by atoms with E-state index in [0.717, 1.165) is 0 Å². The normalized spacial score (nSPS) is 16.6. The van der Waals surface area contributed by atoms with Crippen LogP contribution < -0.4 is 9.47 Å². The van der Waals surface area contributed by atoms with Crippen LogP contribution in [-0.4, -0.2) is 58.5 Å². The summed E-state index contributed by atoms with van der Waals surface area (Å²) >= 11 is 0. The summed E-state index contributed by atoms with van der Waals surface area (Å²) in [6.07, 6.45) is 5.69. The van der Waals surface area contributed by atoms with Crippen molar-refractivity contribution >= 4 is 10.0 Å². The molecule has 9 nitrogen and oxygen atoms in total. The lowest BCUT2D eigenvalue weighted by Crippen LogP contribution is -2.42. The smallest absolute Gasteiger partial charge is 0.316 e. The Hall–Kier alpha value is -2.20. The summed E-state index contributed by atoms with van der Waals surface area (Å²) in [5.41, 5.74) is 0. The lowest BCUT2D eigenvalue weighted by molar-refractivity contribution is 0.123. The zero-order valence-corrected chi connectivity index (χ0v) is 15.9. The zero-order valence-electron chi connectivity index (χ0n) is 15.1. The minimum Gasteiger partial charge on any atom is -0.494 e. The van der Waals surface area contributed by atoms with Gasteiger partial charge in [-0.15, -0.1) is 0 Å². The van der Waals surface area contributed by atoms with Crippen molar-refractivity contribution in [2.45, 2.75) is 44.4 Å². The van der Waals surface area contributed by atoms with E-state index in [4.69, 9.17) is 9.47 Å². The fraction of sp³-hybridized carbons (Fsp3) is 0.562. The van der Waals surface area contributed by atoms with Gasteiger partial charge >= 0.3 is 6.01 Å². The molecule has 0 bridgehead atoms. The number of nitrogens with zero attached hydrogens (tertiary/aromatic N) is 5. The number of imidazole rings is 1. The zero-order chi connectivity index (χ0) is 18.7.